The number of carbonyl (C=O) groups is 2. The van der Waals surface area contributed by atoms with Crippen molar-refractivity contribution in [2.75, 3.05) is 18.0 Å². The Bertz CT molecular complexity index is 879. The van der Waals surface area contributed by atoms with Crippen molar-refractivity contribution in [2.45, 2.75) is 25.3 Å². The molecule has 146 valence electrons. The molecule has 0 radical (unpaired) electrons. The summed E-state index contributed by atoms with van der Waals surface area (Å²) in [4.78, 5) is 36.8. The summed E-state index contributed by atoms with van der Waals surface area (Å²) < 4.78 is 0. The molecule has 28 heavy (non-hydrogen) atoms. The summed E-state index contributed by atoms with van der Waals surface area (Å²) in [6, 6.07) is 12.4. The zero-order valence-electron chi connectivity index (χ0n) is 15.2. The molecule has 1 amide bonds. The average Bonchev–Trinajstić information content (AvgIpc) is 3.22. The van der Waals surface area contributed by atoms with E-state index >= 15 is 0 Å². The van der Waals surface area contributed by atoms with Gasteiger partial charge in [-0.15, -0.1) is 0 Å². The Morgan fingerprint density at radius 2 is 1.82 bits per heavy atom. The van der Waals surface area contributed by atoms with Crippen LogP contribution in [0.4, 0.5) is 11.4 Å². The lowest BCUT2D eigenvalue weighted by Crippen LogP contribution is -2.30. The molecule has 2 N–H and O–H groups in total. The summed E-state index contributed by atoms with van der Waals surface area (Å²) in [6.07, 6.45) is 1.67. The Labute approximate surface area is 161 Å². The largest absolute Gasteiger partial charge is 0.481 e. The number of benzene rings is 2. The highest BCUT2D eigenvalue weighted by molar-refractivity contribution is 5.96. The van der Waals surface area contributed by atoms with Gasteiger partial charge in [0.05, 0.1) is 17.4 Å². The van der Waals surface area contributed by atoms with Crippen LogP contribution in [0.2, 0.25) is 0 Å². The van der Waals surface area contributed by atoms with Crippen molar-refractivity contribution in [2.24, 2.45) is 0 Å². The fraction of sp³-hybridized carbons (Fsp3) is 0.300. The summed E-state index contributed by atoms with van der Waals surface area (Å²) in [5, 5.41) is 23.3. The summed E-state index contributed by atoms with van der Waals surface area (Å²) in [5.41, 5.74) is 1.16. The van der Waals surface area contributed by atoms with Crippen LogP contribution < -0.4 is 10.2 Å². The number of amides is 1. The third-order valence-corrected chi connectivity index (χ3v) is 4.77. The maximum absolute atomic E-state index is 12.7. The zero-order chi connectivity index (χ0) is 20.1. The standard InChI is InChI=1S/C20H21N3O5/c24-19(25)13-16(14-6-2-1-3-7-14)21-20(26)15-8-9-17(18(12-15)23(27)28)22-10-4-5-11-22/h1-3,6-9,12,16H,4-5,10-11,13H2,(H,21,26)(H,24,25). The molecular weight excluding hydrogens is 362 g/mol. The third kappa shape index (κ3) is 4.46. The molecule has 2 aromatic carbocycles. The first kappa shape index (κ1) is 19.3. The van der Waals surface area contributed by atoms with E-state index in [0.29, 0.717) is 11.3 Å². The number of hydrogen-bond donors (Lipinski definition) is 2. The van der Waals surface area contributed by atoms with E-state index in [-0.39, 0.29) is 17.7 Å². The van der Waals surface area contributed by atoms with Crippen LogP contribution in [0, 0.1) is 10.1 Å². The molecule has 0 spiro atoms. The van der Waals surface area contributed by atoms with Gasteiger partial charge in [-0.05, 0) is 30.5 Å². The fourth-order valence-corrected chi connectivity index (χ4v) is 3.39. The van der Waals surface area contributed by atoms with Gasteiger partial charge in [0.1, 0.15) is 5.69 Å². The van der Waals surface area contributed by atoms with Crippen molar-refractivity contribution in [3.05, 3.63) is 69.8 Å². The number of hydrogen-bond acceptors (Lipinski definition) is 5. The van der Waals surface area contributed by atoms with Crippen LogP contribution in [0.25, 0.3) is 0 Å². The molecular formula is C20H21N3O5. The van der Waals surface area contributed by atoms with E-state index in [4.69, 9.17) is 5.11 Å². The Morgan fingerprint density at radius 1 is 1.14 bits per heavy atom. The van der Waals surface area contributed by atoms with Crippen LogP contribution in [-0.4, -0.2) is 35.0 Å². The molecule has 3 rings (SSSR count). The first-order valence-electron chi connectivity index (χ1n) is 9.06. The predicted octanol–water partition coefficient (Wildman–Crippen LogP) is 3.14. The number of carbonyl (C=O) groups excluding carboxylic acids is 1. The number of rotatable bonds is 7. The lowest BCUT2D eigenvalue weighted by Gasteiger charge is -2.19. The number of nitrogens with one attached hydrogen (secondary N) is 1. The zero-order valence-corrected chi connectivity index (χ0v) is 15.2. The van der Waals surface area contributed by atoms with Gasteiger partial charge in [0.2, 0.25) is 0 Å². The van der Waals surface area contributed by atoms with Crippen molar-refractivity contribution in [3.8, 4) is 0 Å². The second-order valence-corrected chi connectivity index (χ2v) is 6.69. The van der Waals surface area contributed by atoms with Gasteiger partial charge in [0, 0.05) is 24.7 Å². The first-order valence-corrected chi connectivity index (χ1v) is 9.06. The van der Waals surface area contributed by atoms with Gasteiger partial charge in [0.25, 0.3) is 11.6 Å². The molecule has 0 aromatic heterocycles. The molecule has 2 aromatic rings. The summed E-state index contributed by atoms with van der Waals surface area (Å²) in [7, 11) is 0. The van der Waals surface area contributed by atoms with E-state index in [1.807, 2.05) is 4.90 Å². The Balaban J connectivity index is 1.85. The second-order valence-electron chi connectivity index (χ2n) is 6.69. The highest BCUT2D eigenvalue weighted by Crippen LogP contribution is 2.32. The van der Waals surface area contributed by atoms with E-state index in [9.17, 15) is 19.7 Å². The fourth-order valence-electron chi connectivity index (χ4n) is 3.39. The average molecular weight is 383 g/mol. The van der Waals surface area contributed by atoms with Crippen molar-refractivity contribution in [1.29, 1.82) is 0 Å². The van der Waals surface area contributed by atoms with E-state index in [1.54, 1.807) is 42.5 Å². The van der Waals surface area contributed by atoms with E-state index in [0.717, 1.165) is 25.9 Å². The maximum atomic E-state index is 12.7. The molecule has 1 atom stereocenters. The number of nitro benzene ring substituents is 1. The highest BCUT2D eigenvalue weighted by Gasteiger charge is 2.25. The molecule has 1 saturated heterocycles. The maximum Gasteiger partial charge on any atom is 0.305 e. The molecule has 8 nitrogen and oxygen atoms in total. The minimum Gasteiger partial charge on any atom is -0.481 e. The lowest BCUT2D eigenvalue weighted by molar-refractivity contribution is -0.384. The van der Waals surface area contributed by atoms with Crippen LogP contribution in [0.5, 0.6) is 0 Å². The SMILES string of the molecule is O=C(O)CC(NC(=O)c1ccc(N2CCCC2)c([N+](=O)[O-])c1)c1ccccc1. The molecule has 0 saturated carbocycles. The van der Waals surface area contributed by atoms with E-state index < -0.39 is 22.8 Å². The van der Waals surface area contributed by atoms with Crippen molar-refractivity contribution in [1.82, 2.24) is 5.32 Å². The Hall–Kier alpha value is -3.42. The summed E-state index contributed by atoms with van der Waals surface area (Å²) in [6.45, 7) is 1.50. The molecule has 0 bridgehead atoms. The first-order chi connectivity index (χ1) is 13.5. The van der Waals surface area contributed by atoms with E-state index in [2.05, 4.69) is 5.32 Å². The van der Waals surface area contributed by atoms with E-state index in [1.165, 1.54) is 6.07 Å². The van der Waals surface area contributed by atoms with Crippen molar-refractivity contribution in [3.63, 3.8) is 0 Å². The van der Waals surface area contributed by atoms with Gasteiger partial charge >= 0.3 is 5.97 Å². The Morgan fingerprint density at radius 3 is 2.43 bits per heavy atom. The molecule has 1 unspecified atom stereocenters. The topological polar surface area (TPSA) is 113 Å². The quantitative estimate of drug-likeness (QED) is 0.561. The number of carboxylic acids is 1. The van der Waals surface area contributed by atoms with Crippen LogP contribution in [0.15, 0.2) is 48.5 Å². The van der Waals surface area contributed by atoms with Gasteiger partial charge in [-0.3, -0.25) is 19.7 Å². The van der Waals surface area contributed by atoms with Gasteiger partial charge in [-0.25, -0.2) is 0 Å². The Kier molecular flexibility index (Phi) is 5.88. The van der Waals surface area contributed by atoms with Crippen molar-refractivity contribution >= 4 is 23.3 Å². The highest BCUT2D eigenvalue weighted by atomic mass is 16.6. The third-order valence-electron chi connectivity index (χ3n) is 4.77. The lowest BCUT2D eigenvalue weighted by atomic mass is 10.0. The minimum absolute atomic E-state index is 0.121. The molecule has 1 aliphatic heterocycles. The van der Waals surface area contributed by atoms with Gasteiger partial charge in [-0.2, -0.15) is 0 Å². The van der Waals surface area contributed by atoms with Crippen LogP contribution in [0.1, 0.15) is 41.2 Å². The van der Waals surface area contributed by atoms with Gasteiger partial charge in [0.15, 0.2) is 0 Å². The number of carboxylic acid groups (broad SMARTS) is 1. The number of aliphatic carboxylic acids is 1. The van der Waals surface area contributed by atoms with Crippen LogP contribution >= 0.6 is 0 Å². The molecule has 0 aliphatic carbocycles. The van der Waals surface area contributed by atoms with Gasteiger partial charge in [-0.1, -0.05) is 30.3 Å². The van der Waals surface area contributed by atoms with Crippen LogP contribution in [0.3, 0.4) is 0 Å². The number of anilines is 1. The van der Waals surface area contributed by atoms with Crippen LogP contribution in [-0.2, 0) is 4.79 Å². The molecule has 1 fully saturated rings. The normalized spacial score (nSPS) is 14.5. The summed E-state index contributed by atoms with van der Waals surface area (Å²) >= 11 is 0. The molecule has 1 heterocycles. The van der Waals surface area contributed by atoms with Crippen molar-refractivity contribution < 1.29 is 19.6 Å². The second kappa shape index (κ2) is 8.51. The molecule has 8 heteroatoms. The predicted molar refractivity (Wildman–Crippen MR) is 103 cm³/mol. The smallest absolute Gasteiger partial charge is 0.305 e. The van der Waals surface area contributed by atoms with Gasteiger partial charge < -0.3 is 15.3 Å². The minimum atomic E-state index is -1.05. The number of nitro groups is 1. The number of nitrogens with zero attached hydrogens (tertiary/aromatic N) is 2. The summed E-state index contributed by atoms with van der Waals surface area (Å²) in [5.74, 6) is -1.60. The molecule has 1 aliphatic rings. The monoisotopic (exact) mass is 383 g/mol.